The van der Waals surface area contributed by atoms with Crippen LogP contribution < -0.4 is 20.3 Å². The summed E-state index contributed by atoms with van der Waals surface area (Å²) in [5.74, 6) is 0.350. The number of rotatable bonds is 6. The average Bonchev–Trinajstić information content (AvgIpc) is 2.68. The van der Waals surface area contributed by atoms with Crippen molar-refractivity contribution in [2.75, 3.05) is 36.4 Å². The van der Waals surface area contributed by atoms with E-state index < -0.39 is 4.92 Å². The van der Waals surface area contributed by atoms with Crippen molar-refractivity contribution < 1.29 is 14.5 Å². The van der Waals surface area contributed by atoms with Crippen LogP contribution in [0.4, 0.5) is 17.1 Å². The zero-order valence-electron chi connectivity index (χ0n) is 16.0. The Kier molecular flexibility index (Phi) is 6.10. The van der Waals surface area contributed by atoms with Gasteiger partial charge in [0.1, 0.15) is 11.4 Å². The molecule has 1 aliphatic heterocycles. The van der Waals surface area contributed by atoms with Crippen LogP contribution in [0.3, 0.4) is 0 Å². The standard InChI is InChI=1S/C20H24N4O4/c1-14(2)28-17-6-3-15(4-7-17)20(25)22-16-5-8-18(19(13-16)24(26)27)23-11-9-21-10-12-23/h3-8,13-14,21H,9-12H2,1-2H3,(H,22,25). The van der Waals surface area contributed by atoms with Crippen molar-refractivity contribution in [3.05, 3.63) is 58.1 Å². The Morgan fingerprint density at radius 1 is 1.18 bits per heavy atom. The first-order valence-corrected chi connectivity index (χ1v) is 9.26. The molecule has 0 atom stereocenters. The minimum atomic E-state index is -0.412. The van der Waals surface area contributed by atoms with Crippen LogP contribution in [0.15, 0.2) is 42.5 Å². The molecule has 0 bridgehead atoms. The Hall–Kier alpha value is -3.13. The summed E-state index contributed by atoms with van der Waals surface area (Å²) in [4.78, 5) is 25.6. The highest BCUT2D eigenvalue weighted by Gasteiger charge is 2.22. The van der Waals surface area contributed by atoms with Crippen LogP contribution in [0.5, 0.6) is 5.75 Å². The van der Waals surface area contributed by atoms with Gasteiger partial charge in [0.25, 0.3) is 11.6 Å². The maximum Gasteiger partial charge on any atom is 0.294 e. The van der Waals surface area contributed by atoms with Crippen molar-refractivity contribution in [2.24, 2.45) is 0 Å². The van der Waals surface area contributed by atoms with E-state index in [2.05, 4.69) is 10.6 Å². The highest BCUT2D eigenvalue weighted by molar-refractivity contribution is 6.04. The summed E-state index contributed by atoms with van der Waals surface area (Å²) in [6.07, 6.45) is 0.0504. The molecule has 0 spiro atoms. The van der Waals surface area contributed by atoms with Crippen molar-refractivity contribution in [3.63, 3.8) is 0 Å². The number of nitro groups is 1. The maximum absolute atomic E-state index is 12.5. The number of nitro benzene ring substituents is 1. The van der Waals surface area contributed by atoms with Gasteiger partial charge in [-0.1, -0.05) is 0 Å². The Morgan fingerprint density at radius 2 is 1.86 bits per heavy atom. The summed E-state index contributed by atoms with van der Waals surface area (Å²) >= 11 is 0. The van der Waals surface area contributed by atoms with Gasteiger partial charge in [-0.15, -0.1) is 0 Å². The minimum Gasteiger partial charge on any atom is -0.491 e. The van der Waals surface area contributed by atoms with Gasteiger partial charge in [0.2, 0.25) is 0 Å². The van der Waals surface area contributed by atoms with E-state index in [1.54, 1.807) is 36.4 Å². The normalized spacial score (nSPS) is 14.0. The fourth-order valence-corrected chi connectivity index (χ4v) is 3.08. The Morgan fingerprint density at radius 3 is 2.46 bits per heavy atom. The SMILES string of the molecule is CC(C)Oc1ccc(C(=O)Nc2ccc(N3CCNCC3)c([N+](=O)[O-])c2)cc1. The number of carbonyl (C=O) groups excluding carboxylic acids is 1. The van der Waals surface area contributed by atoms with Gasteiger partial charge in [-0.25, -0.2) is 0 Å². The van der Waals surface area contributed by atoms with Gasteiger partial charge in [-0.05, 0) is 50.2 Å². The lowest BCUT2D eigenvalue weighted by atomic mass is 10.1. The van der Waals surface area contributed by atoms with Crippen LogP contribution in [0.1, 0.15) is 24.2 Å². The van der Waals surface area contributed by atoms with Gasteiger partial charge < -0.3 is 20.3 Å². The molecular formula is C20H24N4O4. The third-order valence-electron chi connectivity index (χ3n) is 4.38. The number of hydrogen-bond acceptors (Lipinski definition) is 6. The van der Waals surface area contributed by atoms with Gasteiger partial charge in [0.05, 0.1) is 11.0 Å². The van der Waals surface area contributed by atoms with E-state index in [0.717, 1.165) is 13.1 Å². The molecule has 8 heteroatoms. The number of benzene rings is 2. The fourth-order valence-electron chi connectivity index (χ4n) is 3.08. The lowest BCUT2D eigenvalue weighted by molar-refractivity contribution is -0.384. The molecule has 0 aromatic heterocycles. The van der Waals surface area contributed by atoms with E-state index in [1.165, 1.54) is 6.07 Å². The second-order valence-corrected chi connectivity index (χ2v) is 6.84. The number of anilines is 2. The molecule has 0 unspecified atom stereocenters. The van der Waals surface area contributed by atoms with Crippen molar-refractivity contribution >= 4 is 23.0 Å². The van der Waals surface area contributed by atoms with Gasteiger partial charge in [0.15, 0.2) is 0 Å². The first-order chi connectivity index (χ1) is 13.4. The highest BCUT2D eigenvalue weighted by Crippen LogP contribution is 2.31. The molecule has 1 aliphatic rings. The van der Waals surface area contributed by atoms with E-state index in [-0.39, 0.29) is 17.7 Å². The van der Waals surface area contributed by atoms with Gasteiger partial charge >= 0.3 is 0 Å². The predicted octanol–water partition coefficient (Wildman–Crippen LogP) is 3.04. The number of amides is 1. The zero-order chi connectivity index (χ0) is 20.1. The molecule has 28 heavy (non-hydrogen) atoms. The van der Waals surface area contributed by atoms with E-state index in [0.29, 0.717) is 35.8 Å². The van der Waals surface area contributed by atoms with Crippen molar-refractivity contribution in [1.29, 1.82) is 0 Å². The first-order valence-electron chi connectivity index (χ1n) is 9.26. The lowest BCUT2D eigenvalue weighted by Gasteiger charge is -2.29. The fraction of sp³-hybridized carbons (Fsp3) is 0.350. The Labute approximate surface area is 163 Å². The molecule has 1 saturated heterocycles. The van der Waals surface area contributed by atoms with Crippen LogP contribution in [0, 0.1) is 10.1 Å². The summed E-state index contributed by atoms with van der Waals surface area (Å²) < 4.78 is 5.56. The smallest absolute Gasteiger partial charge is 0.294 e. The number of piperazine rings is 1. The Balaban J connectivity index is 1.75. The molecule has 1 heterocycles. The van der Waals surface area contributed by atoms with Crippen LogP contribution >= 0.6 is 0 Å². The summed E-state index contributed by atoms with van der Waals surface area (Å²) in [6.45, 7) is 6.84. The summed E-state index contributed by atoms with van der Waals surface area (Å²) in [6, 6.07) is 11.6. The highest BCUT2D eigenvalue weighted by atomic mass is 16.6. The number of nitrogens with zero attached hydrogens (tertiary/aromatic N) is 2. The number of carbonyl (C=O) groups is 1. The molecule has 2 aromatic rings. The largest absolute Gasteiger partial charge is 0.491 e. The third-order valence-corrected chi connectivity index (χ3v) is 4.38. The third kappa shape index (κ3) is 4.77. The molecule has 0 aliphatic carbocycles. The van der Waals surface area contributed by atoms with Gasteiger partial charge in [-0.3, -0.25) is 14.9 Å². The zero-order valence-corrected chi connectivity index (χ0v) is 16.0. The topological polar surface area (TPSA) is 96.7 Å². The number of hydrogen-bond donors (Lipinski definition) is 2. The molecule has 0 saturated carbocycles. The van der Waals surface area contributed by atoms with Crippen LogP contribution in [0.25, 0.3) is 0 Å². The molecule has 1 fully saturated rings. The van der Waals surface area contributed by atoms with Crippen LogP contribution in [-0.4, -0.2) is 43.1 Å². The second kappa shape index (κ2) is 8.71. The predicted molar refractivity (Wildman–Crippen MR) is 108 cm³/mol. The molecule has 2 N–H and O–H groups in total. The molecule has 1 amide bonds. The molecule has 0 radical (unpaired) electrons. The van der Waals surface area contributed by atoms with E-state index >= 15 is 0 Å². The van der Waals surface area contributed by atoms with Gasteiger partial charge in [0, 0.05) is 43.5 Å². The summed E-state index contributed by atoms with van der Waals surface area (Å²) in [5.41, 5.74) is 1.39. The molecule has 148 valence electrons. The molecule has 3 rings (SSSR count). The Bertz CT molecular complexity index is 846. The number of nitrogens with one attached hydrogen (secondary N) is 2. The molecular weight excluding hydrogens is 360 g/mol. The van der Waals surface area contributed by atoms with Crippen molar-refractivity contribution in [2.45, 2.75) is 20.0 Å². The average molecular weight is 384 g/mol. The van der Waals surface area contributed by atoms with E-state index in [1.807, 2.05) is 18.7 Å². The van der Waals surface area contributed by atoms with E-state index in [9.17, 15) is 14.9 Å². The van der Waals surface area contributed by atoms with Crippen LogP contribution in [-0.2, 0) is 0 Å². The van der Waals surface area contributed by atoms with E-state index in [4.69, 9.17) is 4.74 Å². The minimum absolute atomic E-state index is 0.0135. The summed E-state index contributed by atoms with van der Waals surface area (Å²) in [7, 11) is 0. The van der Waals surface area contributed by atoms with Crippen molar-refractivity contribution in [1.82, 2.24) is 5.32 Å². The van der Waals surface area contributed by atoms with Crippen molar-refractivity contribution in [3.8, 4) is 5.75 Å². The lowest BCUT2D eigenvalue weighted by Crippen LogP contribution is -2.43. The molecule has 8 nitrogen and oxygen atoms in total. The first kappa shape index (κ1) is 19.6. The maximum atomic E-state index is 12.5. The monoisotopic (exact) mass is 384 g/mol. The van der Waals surface area contributed by atoms with Gasteiger partial charge in [-0.2, -0.15) is 0 Å². The quantitative estimate of drug-likeness (QED) is 0.587. The summed E-state index contributed by atoms with van der Waals surface area (Å²) in [5, 5.41) is 17.5. The molecule has 2 aromatic carbocycles. The second-order valence-electron chi connectivity index (χ2n) is 6.84. The van der Waals surface area contributed by atoms with Crippen LogP contribution in [0.2, 0.25) is 0 Å². The number of ether oxygens (including phenoxy) is 1.